The second-order valence-corrected chi connectivity index (χ2v) is 4.39. The number of amides is 1. The summed E-state index contributed by atoms with van der Waals surface area (Å²) in [5.74, 6) is 0.774. The number of hydrogen-bond acceptors (Lipinski definition) is 4. The van der Waals surface area contributed by atoms with E-state index < -0.39 is 5.54 Å². The Labute approximate surface area is 88.1 Å². The fourth-order valence-corrected chi connectivity index (χ4v) is 1.65. The van der Waals surface area contributed by atoms with Gasteiger partial charge in [0.1, 0.15) is 6.33 Å². The Kier molecular flexibility index (Phi) is 2.22. The lowest BCUT2D eigenvalue weighted by molar-refractivity contribution is -0.137. The van der Waals surface area contributed by atoms with Gasteiger partial charge in [0.05, 0.1) is 12.1 Å². The number of rotatable bonds is 1. The highest BCUT2D eigenvalue weighted by atomic mass is 16.2. The molecule has 1 amide bonds. The summed E-state index contributed by atoms with van der Waals surface area (Å²) in [4.78, 5) is 13.6. The van der Waals surface area contributed by atoms with Crippen LogP contribution < -0.4 is 5.73 Å². The van der Waals surface area contributed by atoms with Crippen LogP contribution in [-0.4, -0.2) is 37.7 Å². The minimum atomic E-state index is -0.817. The highest BCUT2D eigenvalue weighted by molar-refractivity contribution is 5.85. The third-order valence-corrected chi connectivity index (χ3v) is 2.48. The van der Waals surface area contributed by atoms with Crippen LogP contribution in [0.4, 0.5) is 0 Å². The van der Waals surface area contributed by atoms with Crippen LogP contribution in [0.15, 0.2) is 6.33 Å². The molecule has 0 spiro atoms. The number of carbonyl (C=O) groups excluding carboxylic acids is 1. The van der Waals surface area contributed by atoms with Gasteiger partial charge in [0.25, 0.3) is 0 Å². The second-order valence-electron chi connectivity index (χ2n) is 4.39. The molecule has 1 aliphatic heterocycles. The van der Waals surface area contributed by atoms with Crippen molar-refractivity contribution in [2.24, 2.45) is 5.73 Å². The van der Waals surface area contributed by atoms with Crippen molar-refractivity contribution in [3.8, 4) is 0 Å². The molecule has 0 radical (unpaired) electrons. The number of nitrogens with two attached hydrogens (primary N) is 1. The largest absolute Gasteiger partial charge is 0.332 e. The summed E-state index contributed by atoms with van der Waals surface area (Å²) in [5, 5.41) is 7.75. The zero-order valence-corrected chi connectivity index (χ0v) is 8.97. The summed E-state index contributed by atoms with van der Waals surface area (Å²) in [7, 11) is 0. The standard InChI is InChI=1S/C9H15N5O/c1-9(2,10)8(15)13-3-4-14-6-11-12-7(14)5-13/h6H,3-5,10H2,1-2H3. The Bertz CT molecular complexity index is 378. The molecule has 0 fully saturated rings. The molecule has 0 bridgehead atoms. The highest BCUT2D eigenvalue weighted by Crippen LogP contribution is 2.13. The average molecular weight is 209 g/mol. The molecule has 6 nitrogen and oxygen atoms in total. The van der Waals surface area contributed by atoms with Gasteiger partial charge in [-0.05, 0) is 13.8 Å². The van der Waals surface area contributed by atoms with Crippen molar-refractivity contribution < 1.29 is 4.79 Å². The predicted molar refractivity (Wildman–Crippen MR) is 53.7 cm³/mol. The molecule has 6 heteroatoms. The molecule has 2 heterocycles. The van der Waals surface area contributed by atoms with Crippen LogP contribution in [0.3, 0.4) is 0 Å². The van der Waals surface area contributed by atoms with E-state index in [1.165, 1.54) is 0 Å². The van der Waals surface area contributed by atoms with Crippen LogP contribution in [0, 0.1) is 0 Å². The van der Waals surface area contributed by atoms with Crippen LogP contribution in [0.1, 0.15) is 19.7 Å². The maximum Gasteiger partial charge on any atom is 0.242 e. The minimum absolute atomic E-state index is 0.0447. The van der Waals surface area contributed by atoms with Gasteiger partial charge in [-0.1, -0.05) is 0 Å². The van der Waals surface area contributed by atoms with Gasteiger partial charge >= 0.3 is 0 Å². The Morgan fingerprint density at radius 3 is 2.93 bits per heavy atom. The third kappa shape index (κ3) is 1.85. The van der Waals surface area contributed by atoms with Crippen LogP contribution >= 0.6 is 0 Å². The van der Waals surface area contributed by atoms with Crippen LogP contribution in [-0.2, 0) is 17.9 Å². The van der Waals surface area contributed by atoms with Gasteiger partial charge in [-0.25, -0.2) is 0 Å². The highest BCUT2D eigenvalue weighted by Gasteiger charge is 2.30. The first kappa shape index (κ1) is 10.1. The molecule has 1 aromatic rings. The first-order valence-electron chi connectivity index (χ1n) is 4.93. The molecule has 1 aliphatic rings. The number of nitrogens with zero attached hydrogens (tertiary/aromatic N) is 4. The SMILES string of the molecule is CC(C)(N)C(=O)N1CCn2cnnc2C1. The summed E-state index contributed by atoms with van der Waals surface area (Å²) in [6.07, 6.45) is 1.69. The maximum absolute atomic E-state index is 11.9. The van der Waals surface area contributed by atoms with Crippen molar-refractivity contribution in [1.82, 2.24) is 19.7 Å². The zero-order valence-electron chi connectivity index (χ0n) is 8.97. The van der Waals surface area contributed by atoms with E-state index in [0.717, 1.165) is 12.4 Å². The first-order chi connectivity index (χ1) is 6.98. The van der Waals surface area contributed by atoms with Crippen LogP contribution in [0.2, 0.25) is 0 Å². The van der Waals surface area contributed by atoms with Gasteiger partial charge in [-0.15, -0.1) is 10.2 Å². The quantitative estimate of drug-likeness (QED) is 0.667. The molecule has 2 rings (SSSR count). The molecule has 15 heavy (non-hydrogen) atoms. The summed E-state index contributed by atoms with van der Waals surface area (Å²) in [6, 6.07) is 0. The smallest absolute Gasteiger partial charge is 0.242 e. The van der Waals surface area contributed by atoms with E-state index in [1.54, 1.807) is 25.1 Å². The van der Waals surface area contributed by atoms with Crippen LogP contribution in [0.5, 0.6) is 0 Å². The molecule has 82 valence electrons. The van der Waals surface area contributed by atoms with Crippen molar-refractivity contribution in [3.63, 3.8) is 0 Å². The van der Waals surface area contributed by atoms with Gasteiger partial charge in [-0.3, -0.25) is 4.79 Å². The van der Waals surface area contributed by atoms with Gasteiger partial charge in [0.15, 0.2) is 5.82 Å². The predicted octanol–water partition coefficient (Wildman–Crippen LogP) is -0.642. The van der Waals surface area contributed by atoms with Crippen molar-refractivity contribution in [2.45, 2.75) is 32.5 Å². The fraction of sp³-hybridized carbons (Fsp3) is 0.667. The molecule has 0 saturated heterocycles. The van der Waals surface area contributed by atoms with E-state index in [-0.39, 0.29) is 5.91 Å². The minimum Gasteiger partial charge on any atom is -0.332 e. The topological polar surface area (TPSA) is 77.0 Å². The Morgan fingerprint density at radius 1 is 1.53 bits per heavy atom. The lowest BCUT2D eigenvalue weighted by Crippen LogP contribution is -2.52. The van der Waals surface area contributed by atoms with E-state index in [2.05, 4.69) is 10.2 Å². The molecular weight excluding hydrogens is 194 g/mol. The third-order valence-electron chi connectivity index (χ3n) is 2.48. The molecule has 0 aromatic carbocycles. The van der Waals surface area contributed by atoms with Crippen molar-refractivity contribution in [1.29, 1.82) is 0 Å². The van der Waals surface area contributed by atoms with E-state index in [4.69, 9.17) is 5.73 Å². The lowest BCUT2D eigenvalue weighted by atomic mass is 10.1. The summed E-state index contributed by atoms with van der Waals surface area (Å²) in [5.41, 5.74) is 4.95. The zero-order chi connectivity index (χ0) is 11.1. The fourth-order valence-electron chi connectivity index (χ4n) is 1.65. The van der Waals surface area contributed by atoms with E-state index in [1.807, 2.05) is 4.57 Å². The van der Waals surface area contributed by atoms with Gasteiger partial charge in [-0.2, -0.15) is 0 Å². The van der Waals surface area contributed by atoms with E-state index in [0.29, 0.717) is 13.1 Å². The van der Waals surface area contributed by atoms with Crippen molar-refractivity contribution in [2.75, 3.05) is 6.54 Å². The Morgan fingerprint density at radius 2 is 2.27 bits per heavy atom. The summed E-state index contributed by atoms with van der Waals surface area (Å²) in [6.45, 7) is 5.34. The van der Waals surface area contributed by atoms with Gasteiger partial charge in [0.2, 0.25) is 5.91 Å². The molecule has 2 N–H and O–H groups in total. The number of carbonyl (C=O) groups is 1. The van der Waals surface area contributed by atoms with Crippen molar-refractivity contribution in [3.05, 3.63) is 12.2 Å². The number of aromatic nitrogens is 3. The van der Waals surface area contributed by atoms with Crippen LogP contribution in [0.25, 0.3) is 0 Å². The molecular formula is C9H15N5O. The molecule has 0 atom stereocenters. The molecule has 1 aromatic heterocycles. The monoisotopic (exact) mass is 209 g/mol. The Hall–Kier alpha value is -1.43. The van der Waals surface area contributed by atoms with Crippen molar-refractivity contribution >= 4 is 5.91 Å². The Balaban J connectivity index is 2.14. The number of fused-ring (bicyclic) bond motifs is 1. The molecule has 0 saturated carbocycles. The molecule has 0 unspecified atom stereocenters. The molecule has 0 aliphatic carbocycles. The van der Waals surface area contributed by atoms with Gasteiger partial charge in [0, 0.05) is 13.1 Å². The van der Waals surface area contributed by atoms with E-state index >= 15 is 0 Å². The second kappa shape index (κ2) is 3.30. The lowest BCUT2D eigenvalue weighted by Gasteiger charge is -2.32. The summed E-state index contributed by atoms with van der Waals surface area (Å²) < 4.78 is 1.95. The maximum atomic E-state index is 11.9. The summed E-state index contributed by atoms with van der Waals surface area (Å²) >= 11 is 0. The average Bonchev–Trinajstić information content (AvgIpc) is 2.61. The van der Waals surface area contributed by atoms with E-state index in [9.17, 15) is 4.79 Å². The first-order valence-corrected chi connectivity index (χ1v) is 4.93. The number of hydrogen-bond donors (Lipinski definition) is 1. The van der Waals surface area contributed by atoms with Gasteiger partial charge < -0.3 is 15.2 Å². The normalized spacial score (nSPS) is 16.3.